The first kappa shape index (κ1) is 18.3. The van der Waals surface area contributed by atoms with Crippen LogP contribution in [0, 0.1) is 0 Å². The topological polar surface area (TPSA) is 67.4 Å². The van der Waals surface area contributed by atoms with E-state index in [9.17, 15) is 9.59 Å². The number of nitrogens with one attached hydrogen (secondary N) is 2. The van der Waals surface area contributed by atoms with Crippen molar-refractivity contribution in [3.8, 4) is 0 Å². The van der Waals surface area contributed by atoms with Gasteiger partial charge in [0, 0.05) is 25.0 Å². The van der Waals surface area contributed by atoms with Crippen molar-refractivity contribution >= 4 is 29.3 Å². The highest BCUT2D eigenvalue weighted by atomic mass is 35.5. The van der Waals surface area contributed by atoms with Gasteiger partial charge in [0.1, 0.15) is 0 Å². The standard InChI is InChI=1S/C16H23ClN2O3/c1-13(20)22-12-4-2-3-5-14-6-8-15(9-7-14)19-16(21)18-11-10-17/h6-9H,2-5,10-12H2,1H3,(H2,18,19,21). The van der Waals surface area contributed by atoms with Gasteiger partial charge in [-0.3, -0.25) is 4.79 Å². The maximum atomic E-state index is 11.5. The third-order valence-electron chi connectivity index (χ3n) is 3.01. The SMILES string of the molecule is CC(=O)OCCCCCc1ccc(NC(=O)NCCCl)cc1. The number of rotatable bonds is 9. The number of benzene rings is 1. The number of unbranched alkanes of at least 4 members (excludes halogenated alkanes) is 2. The van der Waals surface area contributed by atoms with Crippen LogP contribution in [-0.2, 0) is 16.0 Å². The molecule has 22 heavy (non-hydrogen) atoms. The average molecular weight is 327 g/mol. The van der Waals surface area contributed by atoms with Gasteiger partial charge in [0.05, 0.1) is 6.61 Å². The number of aryl methyl sites for hydroxylation is 1. The van der Waals surface area contributed by atoms with Crippen molar-refractivity contribution in [3.05, 3.63) is 29.8 Å². The van der Waals surface area contributed by atoms with E-state index in [1.54, 1.807) is 0 Å². The van der Waals surface area contributed by atoms with Gasteiger partial charge in [-0.25, -0.2) is 4.79 Å². The molecule has 2 N–H and O–H groups in total. The summed E-state index contributed by atoms with van der Waals surface area (Å²) in [4.78, 5) is 22.1. The lowest BCUT2D eigenvalue weighted by molar-refractivity contribution is -0.141. The lowest BCUT2D eigenvalue weighted by Crippen LogP contribution is -2.30. The van der Waals surface area contributed by atoms with Crippen LogP contribution in [0.3, 0.4) is 0 Å². The number of urea groups is 1. The van der Waals surface area contributed by atoms with Gasteiger partial charge in [-0.05, 0) is 43.4 Å². The molecule has 1 aromatic rings. The van der Waals surface area contributed by atoms with Crippen molar-refractivity contribution in [3.63, 3.8) is 0 Å². The van der Waals surface area contributed by atoms with Crippen LogP contribution in [0.4, 0.5) is 10.5 Å². The third-order valence-corrected chi connectivity index (χ3v) is 3.20. The summed E-state index contributed by atoms with van der Waals surface area (Å²) in [5.41, 5.74) is 1.98. The predicted octanol–water partition coefficient (Wildman–Crippen LogP) is 3.32. The Morgan fingerprint density at radius 1 is 1.14 bits per heavy atom. The molecule has 0 unspecified atom stereocenters. The minimum atomic E-state index is -0.251. The van der Waals surface area contributed by atoms with E-state index in [-0.39, 0.29) is 12.0 Å². The number of esters is 1. The monoisotopic (exact) mass is 326 g/mol. The summed E-state index contributed by atoms with van der Waals surface area (Å²) in [6, 6.07) is 7.52. The van der Waals surface area contributed by atoms with E-state index in [0.29, 0.717) is 19.0 Å². The highest BCUT2D eigenvalue weighted by Gasteiger charge is 2.01. The molecule has 0 radical (unpaired) electrons. The summed E-state index contributed by atoms with van der Waals surface area (Å²) in [5.74, 6) is 0.169. The van der Waals surface area contributed by atoms with Crippen LogP contribution in [0.2, 0.25) is 0 Å². The van der Waals surface area contributed by atoms with Crippen molar-refractivity contribution in [2.24, 2.45) is 0 Å². The Morgan fingerprint density at radius 2 is 1.86 bits per heavy atom. The Balaban J connectivity index is 2.21. The predicted molar refractivity (Wildman–Crippen MR) is 88.4 cm³/mol. The van der Waals surface area contributed by atoms with E-state index in [1.165, 1.54) is 12.5 Å². The molecule has 0 heterocycles. The first-order valence-corrected chi connectivity index (χ1v) is 7.98. The summed E-state index contributed by atoms with van der Waals surface area (Å²) < 4.78 is 4.88. The Kier molecular flexibility index (Phi) is 9.07. The normalized spacial score (nSPS) is 10.1. The molecule has 122 valence electrons. The fourth-order valence-electron chi connectivity index (χ4n) is 1.91. The molecular formula is C16H23ClN2O3. The second-order valence-electron chi connectivity index (χ2n) is 4.92. The lowest BCUT2D eigenvalue weighted by atomic mass is 10.1. The quantitative estimate of drug-likeness (QED) is 0.415. The van der Waals surface area contributed by atoms with Gasteiger partial charge in [-0.1, -0.05) is 12.1 Å². The molecule has 0 aromatic heterocycles. The zero-order valence-corrected chi connectivity index (χ0v) is 13.6. The Labute approximate surface area is 136 Å². The maximum absolute atomic E-state index is 11.5. The van der Waals surface area contributed by atoms with Crippen molar-refractivity contribution in [1.29, 1.82) is 0 Å². The zero-order chi connectivity index (χ0) is 16.2. The van der Waals surface area contributed by atoms with Gasteiger partial charge in [-0.15, -0.1) is 11.6 Å². The van der Waals surface area contributed by atoms with Crippen molar-refractivity contribution < 1.29 is 14.3 Å². The lowest BCUT2D eigenvalue weighted by Gasteiger charge is -2.07. The molecule has 0 saturated carbocycles. The molecule has 1 aromatic carbocycles. The summed E-state index contributed by atoms with van der Waals surface area (Å²) in [6.45, 7) is 2.36. The largest absolute Gasteiger partial charge is 0.466 e. The Bertz CT molecular complexity index is 463. The fraction of sp³-hybridized carbons (Fsp3) is 0.500. The van der Waals surface area contributed by atoms with Crippen molar-refractivity contribution in [2.75, 3.05) is 24.3 Å². The van der Waals surface area contributed by atoms with E-state index in [0.717, 1.165) is 31.4 Å². The Morgan fingerprint density at radius 3 is 2.50 bits per heavy atom. The first-order chi connectivity index (χ1) is 10.6. The first-order valence-electron chi connectivity index (χ1n) is 7.45. The second kappa shape index (κ2) is 10.9. The molecule has 0 spiro atoms. The van der Waals surface area contributed by atoms with Crippen LogP contribution < -0.4 is 10.6 Å². The van der Waals surface area contributed by atoms with Gasteiger partial charge in [-0.2, -0.15) is 0 Å². The van der Waals surface area contributed by atoms with Gasteiger partial charge < -0.3 is 15.4 Å². The number of ether oxygens (including phenoxy) is 1. The number of hydrogen-bond donors (Lipinski definition) is 2. The van der Waals surface area contributed by atoms with Crippen LogP contribution in [-0.4, -0.2) is 31.0 Å². The third kappa shape index (κ3) is 8.52. The summed E-state index contributed by atoms with van der Waals surface area (Å²) >= 11 is 5.50. The maximum Gasteiger partial charge on any atom is 0.319 e. The second-order valence-corrected chi connectivity index (χ2v) is 5.30. The summed E-state index contributed by atoms with van der Waals surface area (Å²) in [6.07, 6.45) is 3.93. The van der Waals surface area contributed by atoms with E-state index in [4.69, 9.17) is 16.3 Å². The zero-order valence-electron chi connectivity index (χ0n) is 12.9. The molecule has 0 bridgehead atoms. The minimum absolute atomic E-state index is 0.224. The smallest absolute Gasteiger partial charge is 0.319 e. The van der Waals surface area contributed by atoms with E-state index < -0.39 is 0 Å². The average Bonchev–Trinajstić information content (AvgIpc) is 2.50. The van der Waals surface area contributed by atoms with Crippen molar-refractivity contribution in [2.45, 2.75) is 32.6 Å². The van der Waals surface area contributed by atoms with Crippen LogP contribution in [0.1, 0.15) is 31.7 Å². The van der Waals surface area contributed by atoms with E-state index in [1.807, 2.05) is 24.3 Å². The number of hydrogen-bond acceptors (Lipinski definition) is 3. The highest BCUT2D eigenvalue weighted by Crippen LogP contribution is 2.12. The molecule has 0 saturated heterocycles. The van der Waals surface area contributed by atoms with Crippen molar-refractivity contribution in [1.82, 2.24) is 5.32 Å². The number of amides is 2. The molecule has 6 heteroatoms. The summed E-state index contributed by atoms with van der Waals surface area (Å²) in [5, 5.41) is 5.38. The van der Waals surface area contributed by atoms with E-state index >= 15 is 0 Å². The molecule has 0 aliphatic rings. The minimum Gasteiger partial charge on any atom is -0.466 e. The Hall–Kier alpha value is -1.75. The number of alkyl halides is 1. The molecule has 1 rings (SSSR count). The molecule has 0 atom stereocenters. The van der Waals surface area contributed by atoms with Crippen LogP contribution in [0.25, 0.3) is 0 Å². The number of halogens is 1. The molecule has 5 nitrogen and oxygen atoms in total. The van der Waals surface area contributed by atoms with E-state index in [2.05, 4.69) is 10.6 Å². The molecule has 2 amide bonds. The number of carbonyl (C=O) groups is 2. The van der Waals surface area contributed by atoms with Crippen LogP contribution in [0.5, 0.6) is 0 Å². The van der Waals surface area contributed by atoms with Gasteiger partial charge >= 0.3 is 12.0 Å². The molecule has 0 aliphatic carbocycles. The molecular weight excluding hydrogens is 304 g/mol. The fourth-order valence-corrected chi connectivity index (χ4v) is 2.01. The molecule has 0 fully saturated rings. The van der Waals surface area contributed by atoms with Crippen LogP contribution >= 0.6 is 11.6 Å². The summed E-state index contributed by atoms with van der Waals surface area (Å²) in [7, 11) is 0. The van der Waals surface area contributed by atoms with Gasteiger partial charge in [0.2, 0.25) is 0 Å². The molecule has 0 aliphatic heterocycles. The van der Waals surface area contributed by atoms with Crippen LogP contribution in [0.15, 0.2) is 24.3 Å². The van der Waals surface area contributed by atoms with Gasteiger partial charge in [0.25, 0.3) is 0 Å². The highest BCUT2D eigenvalue weighted by molar-refractivity contribution is 6.18. The number of anilines is 1. The number of carbonyl (C=O) groups excluding carboxylic acids is 2. The van der Waals surface area contributed by atoms with Gasteiger partial charge in [0.15, 0.2) is 0 Å².